The first-order valence-electron chi connectivity index (χ1n) is 8.34. The summed E-state index contributed by atoms with van der Waals surface area (Å²) in [6.07, 6.45) is 5.60. The molecule has 0 aliphatic carbocycles. The van der Waals surface area contributed by atoms with E-state index in [1.807, 2.05) is 25.4 Å². The molecule has 0 N–H and O–H groups in total. The van der Waals surface area contributed by atoms with Crippen LogP contribution in [-0.4, -0.2) is 40.5 Å². The van der Waals surface area contributed by atoms with Crippen LogP contribution in [0.5, 0.6) is 11.5 Å². The Kier molecular flexibility index (Phi) is 3.91. The van der Waals surface area contributed by atoms with Crippen molar-refractivity contribution in [2.24, 2.45) is 7.05 Å². The molecular weight excluding hydrogens is 318 g/mol. The maximum absolute atomic E-state index is 5.62. The van der Waals surface area contributed by atoms with Crippen LogP contribution in [0.25, 0.3) is 11.0 Å². The van der Waals surface area contributed by atoms with Crippen molar-refractivity contribution in [3.05, 3.63) is 36.3 Å². The van der Waals surface area contributed by atoms with E-state index in [2.05, 4.69) is 26.0 Å². The van der Waals surface area contributed by atoms with Gasteiger partial charge in [-0.25, -0.2) is 9.97 Å². The third kappa shape index (κ3) is 2.56. The van der Waals surface area contributed by atoms with Crippen molar-refractivity contribution in [1.29, 1.82) is 0 Å². The van der Waals surface area contributed by atoms with Gasteiger partial charge in [-0.2, -0.15) is 5.10 Å². The molecule has 0 bridgehead atoms. The fourth-order valence-corrected chi connectivity index (χ4v) is 3.62. The zero-order valence-corrected chi connectivity index (χ0v) is 14.6. The largest absolute Gasteiger partial charge is 0.497 e. The van der Waals surface area contributed by atoms with Gasteiger partial charge in [0.25, 0.3) is 0 Å². The fourth-order valence-electron chi connectivity index (χ4n) is 3.62. The van der Waals surface area contributed by atoms with Gasteiger partial charge >= 0.3 is 0 Å². The maximum atomic E-state index is 5.62. The number of ether oxygens (including phenoxy) is 2. The van der Waals surface area contributed by atoms with Gasteiger partial charge in [-0.3, -0.25) is 4.68 Å². The quantitative estimate of drug-likeness (QED) is 0.728. The predicted octanol–water partition coefficient (Wildman–Crippen LogP) is 2.72. The van der Waals surface area contributed by atoms with Crippen molar-refractivity contribution < 1.29 is 9.47 Å². The van der Waals surface area contributed by atoms with Gasteiger partial charge in [-0.15, -0.1) is 0 Å². The predicted molar refractivity (Wildman–Crippen MR) is 95.2 cm³/mol. The van der Waals surface area contributed by atoms with Gasteiger partial charge in [0, 0.05) is 25.2 Å². The summed E-state index contributed by atoms with van der Waals surface area (Å²) in [5, 5.41) is 5.30. The van der Waals surface area contributed by atoms with Crippen LogP contribution in [0.15, 0.2) is 30.7 Å². The molecule has 1 aliphatic rings. The van der Waals surface area contributed by atoms with Crippen LogP contribution in [0.4, 0.5) is 5.82 Å². The van der Waals surface area contributed by atoms with Crippen LogP contribution in [0.3, 0.4) is 0 Å². The molecule has 3 aromatic rings. The van der Waals surface area contributed by atoms with E-state index in [4.69, 9.17) is 9.47 Å². The molecular formula is C18H21N5O2. The highest BCUT2D eigenvalue weighted by Gasteiger charge is 2.31. The van der Waals surface area contributed by atoms with Gasteiger partial charge in [0.2, 0.25) is 0 Å². The smallest absolute Gasteiger partial charge is 0.163 e. The van der Waals surface area contributed by atoms with Crippen LogP contribution in [0, 0.1) is 0 Å². The fraction of sp³-hybridized carbons (Fsp3) is 0.389. The highest BCUT2D eigenvalue weighted by atomic mass is 16.5. The number of nitrogens with zero attached hydrogens (tertiary/aromatic N) is 5. The molecule has 3 heterocycles. The van der Waals surface area contributed by atoms with E-state index in [1.165, 1.54) is 0 Å². The number of rotatable bonds is 4. The molecule has 4 rings (SSSR count). The molecule has 130 valence electrons. The van der Waals surface area contributed by atoms with Gasteiger partial charge in [0.15, 0.2) is 5.65 Å². The molecule has 7 nitrogen and oxygen atoms in total. The normalized spacial score (nSPS) is 17.2. The lowest BCUT2D eigenvalue weighted by atomic mass is 10.0. The molecule has 1 aliphatic heterocycles. The number of aryl methyl sites for hydroxylation is 1. The molecule has 0 radical (unpaired) electrons. The Morgan fingerprint density at radius 3 is 2.84 bits per heavy atom. The lowest BCUT2D eigenvalue weighted by molar-refractivity contribution is 0.388. The molecule has 1 aromatic carbocycles. The number of methoxy groups -OCH3 is 2. The molecule has 1 fully saturated rings. The zero-order chi connectivity index (χ0) is 17.4. The third-order valence-electron chi connectivity index (χ3n) is 4.83. The molecule has 1 atom stereocenters. The Bertz CT molecular complexity index is 908. The van der Waals surface area contributed by atoms with E-state index in [0.29, 0.717) is 0 Å². The van der Waals surface area contributed by atoms with E-state index in [9.17, 15) is 0 Å². The highest BCUT2D eigenvalue weighted by Crippen LogP contribution is 2.41. The Labute approximate surface area is 146 Å². The monoisotopic (exact) mass is 339 g/mol. The number of fused-ring (bicyclic) bond motifs is 1. The topological polar surface area (TPSA) is 65.3 Å². The minimum Gasteiger partial charge on any atom is -0.497 e. The second-order valence-corrected chi connectivity index (χ2v) is 6.16. The Morgan fingerprint density at radius 1 is 1.16 bits per heavy atom. The minimum atomic E-state index is 0.208. The number of hydrogen-bond acceptors (Lipinski definition) is 6. The van der Waals surface area contributed by atoms with E-state index in [0.717, 1.165) is 53.3 Å². The molecule has 0 amide bonds. The first-order chi connectivity index (χ1) is 12.2. The maximum Gasteiger partial charge on any atom is 0.163 e. The van der Waals surface area contributed by atoms with Crippen LogP contribution in [0.2, 0.25) is 0 Å². The summed E-state index contributed by atoms with van der Waals surface area (Å²) >= 11 is 0. The molecule has 1 saturated heterocycles. The Balaban J connectivity index is 1.78. The Hall–Kier alpha value is -2.83. The van der Waals surface area contributed by atoms with Gasteiger partial charge < -0.3 is 14.4 Å². The van der Waals surface area contributed by atoms with Crippen molar-refractivity contribution in [2.75, 3.05) is 25.7 Å². The van der Waals surface area contributed by atoms with Gasteiger partial charge in [-0.05, 0) is 25.0 Å². The van der Waals surface area contributed by atoms with Crippen LogP contribution < -0.4 is 14.4 Å². The van der Waals surface area contributed by atoms with E-state index >= 15 is 0 Å². The van der Waals surface area contributed by atoms with Crippen molar-refractivity contribution >= 4 is 16.9 Å². The number of hydrogen-bond donors (Lipinski definition) is 0. The van der Waals surface area contributed by atoms with E-state index < -0.39 is 0 Å². The molecule has 0 saturated carbocycles. The van der Waals surface area contributed by atoms with Gasteiger partial charge in [0.05, 0.1) is 31.8 Å². The minimum absolute atomic E-state index is 0.208. The lowest BCUT2D eigenvalue weighted by Gasteiger charge is -2.27. The van der Waals surface area contributed by atoms with Crippen molar-refractivity contribution in [2.45, 2.75) is 18.9 Å². The lowest BCUT2D eigenvalue weighted by Crippen LogP contribution is -2.24. The van der Waals surface area contributed by atoms with Crippen LogP contribution in [0.1, 0.15) is 24.4 Å². The first-order valence-corrected chi connectivity index (χ1v) is 8.34. The summed E-state index contributed by atoms with van der Waals surface area (Å²) in [6, 6.07) is 6.21. The summed E-state index contributed by atoms with van der Waals surface area (Å²) in [5.41, 5.74) is 1.99. The molecule has 25 heavy (non-hydrogen) atoms. The number of anilines is 1. The van der Waals surface area contributed by atoms with Gasteiger partial charge in [0.1, 0.15) is 23.6 Å². The van der Waals surface area contributed by atoms with E-state index in [-0.39, 0.29) is 6.04 Å². The molecule has 0 unspecified atom stereocenters. The second kappa shape index (κ2) is 6.23. The van der Waals surface area contributed by atoms with Crippen molar-refractivity contribution in [1.82, 2.24) is 19.7 Å². The van der Waals surface area contributed by atoms with Crippen LogP contribution >= 0.6 is 0 Å². The standard InChI is InChI=1S/C18H21N5O2/c1-22-17-14(10-21-22)18(20-11-19-17)23-8-4-5-15(23)13-7-6-12(24-2)9-16(13)25-3/h6-7,9-11,15H,4-5,8H2,1-3H3/t15-/m0/s1. The number of aromatic nitrogens is 4. The molecule has 7 heteroatoms. The van der Waals surface area contributed by atoms with Gasteiger partial charge in [-0.1, -0.05) is 0 Å². The van der Waals surface area contributed by atoms with Crippen molar-refractivity contribution in [3.63, 3.8) is 0 Å². The highest BCUT2D eigenvalue weighted by molar-refractivity contribution is 5.87. The second-order valence-electron chi connectivity index (χ2n) is 6.16. The zero-order valence-electron chi connectivity index (χ0n) is 14.6. The first kappa shape index (κ1) is 15.7. The SMILES string of the molecule is COc1ccc([C@@H]2CCCN2c2ncnc3c2cnn3C)c(OC)c1. The Morgan fingerprint density at radius 2 is 2.04 bits per heavy atom. The summed E-state index contributed by atoms with van der Waals surface area (Å²) in [4.78, 5) is 11.2. The number of benzene rings is 1. The van der Waals surface area contributed by atoms with E-state index in [1.54, 1.807) is 25.2 Å². The molecule has 2 aromatic heterocycles. The average Bonchev–Trinajstić information content (AvgIpc) is 3.28. The summed E-state index contributed by atoms with van der Waals surface area (Å²) in [7, 11) is 5.25. The average molecular weight is 339 g/mol. The van der Waals surface area contributed by atoms with Crippen molar-refractivity contribution in [3.8, 4) is 11.5 Å². The van der Waals surface area contributed by atoms with Crippen LogP contribution in [-0.2, 0) is 7.05 Å². The summed E-state index contributed by atoms with van der Waals surface area (Å²) in [5.74, 6) is 2.56. The summed E-state index contributed by atoms with van der Waals surface area (Å²) < 4.78 is 12.7. The third-order valence-corrected chi connectivity index (χ3v) is 4.83. The molecule has 0 spiro atoms. The summed E-state index contributed by atoms with van der Waals surface area (Å²) in [6.45, 7) is 0.945.